The molecule has 0 saturated heterocycles. The summed E-state index contributed by atoms with van der Waals surface area (Å²) in [5, 5.41) is 1.27. The maximum Gasteiger partial charge on any atom is 0.233 e. The Kier molecular flexibility index (Phi) is 4.05. The number of nitrogens with zero attached hydrogens (tertiary/aromatic N) is 1. The Morgan fingerprint density at radius 3 is 2.33 bits per heavy atom. The molecule has 0 fully saturated rings. The van der Waals surface area contributed by atoms with Crippen LogP contribution < -0.4 is 0 Å². The Bertz CT molecular complexity index is 83.1. The fourth-order valence-electron chi connectivity index (χ4n) is 0.445. The smallest absolute Gasteiger partial charge is 0.233 e. The summed E-state index contributed by atoms with van der Waals surface area (Å²) in [5.41, 5.74) is 0. The van der Waals surface area contributed by atoms with Gasteiger partial charge in [0.2, 0.25) is 6.41 Å². The minimum atomic E-state index is 0.0788. The Labute approximate surface area is 55.6 Å². The molecule has 0 spiro atoms. The molecule has 0 aromatic heterocycles. The molecule has 0 aliphatic carbocycles. The van der Waals surface area contributed by atoms with E-state index in [0.717, 1.165) is 0 Å². The zero-order chi connectivity index (χ0) is 7.28. The van der Waals surface area contributed by atoms with Crippen LogP contribution in [0.2, 0.25) is 0 Å². The molecule has 9 heavy (non-hydrogen) atoms. The van der Waals surface area contributed by atoms with E-state index in [-0.39, 0.29) is 6.10 Å². The first-order valence-corrected chi connectivity index (χ1v) is 3.09. The molecule has 0 unspecified atom stereocenters. The third-order valence-corrected chi connectivity index (χ3v) is 0.775. The molecule has 3 heteroatoms. The van der Waals surface area contributed by atoms with E-state index in [1.165, 1.54) is 5.06 Å². The van der Waals surface area contributed by atoms with Crippen LogP contribution in [0.15, 0.2) is 0 Å². The van der Waals surface area contributed by atoms with Gasteiger partial charge in [-0.1, -0.05) is 0 Å². The maximum atomic E-state index is 10.1. The summed E-state index contributed by atoms with van der Waals surface area (Å²) >= 11 is 0. The van der Waals surface area contributed by atoms with Crippen LogP contribution in [0.3, 0.4) is 0 Å². The van der Waals surface area contributed by atoms with E-state index in [0.29, 0.717) is 13.0 Å². The van der Waals surface area contributed by atoms with Crippen LogP contribution in [-0.4, -0.2) is 24.1 Å². The van der Waals surface area contributed by atoms with Gasteiger partial charge in [-0.3, -0.25) is 9.63 Å². The van der Waals surface area contributed by atoms with Crippen LogP contribution in [0.4, 0.5) is 0 Å². The number of carbonyl (C=O) groups is 1. The van der Waals surface area contributed by atoms with E-state index in [2.05, 4.69) is 0 Å². The topological polar surface area (TPSA) is 29.5 Å². The summed E-state index contributed by atoms with van der Waals surface area (Å²) in [6, 6.07) is 0. The van der Waals surface area contributed by atoms with Crippen LogP contribution in [0, 0.1) is 0 Å². The average molecular weight is 131 g/mol. The molecule has 0 heterocycles. The molecule has 0 atom stereocenters. The molecule has 0 rings (SSSR count). The second kappa shape index (κ2) is 4.32. The molecule has 0 aliphatic heterocycles. The molecule has 0 aromatic rings. The summed E-state index contributed by atoms with van der Waals surface area (Å²) < 4.78 is 0. The highest BCUT2D eigenvalue weighted by atomic mass is 16.7. The van der Waals surface area contributed by atoms with Crippen molar-refractivity contribution in [3.05, 3.63) is 0 Å². The van der Waals surface area contributed by atoms with E-state index < -0.39 is 0 Å². The molecular formula is C6H13NO2. The van der Waals surface area contributed by atoms with Gasteiger partial charge >= 0.3 is 0 Å². The van der Waals surface area contributed by atoms with Crippen molar-refractivity contribution >= 4 is 6.41 Å². The minimum absolute atomic E-state index is 0.0788. The first-order chi connectivity index (χ1) is 4.20. The molecule has 0 aliphatic rings. The van der Waals surface area contributed by atoms with Gasteiger partial charge in [-0.05, 0) is 20.8 Å². The van der Waals surface area contributed by atoms with E-state index in [1.54, 1.807) is 0 Å². The van der Waals surface area contributed by atoms with Gasteiger partial charge in [-0.15, -0.1) is 0 Å². The van der Waals surface area contributed by atoms with Crippen molar-refractivity contribution in [2.24, 2.45) is 0 Å². The van der Waals surface area contributed by atoms with E-state index >= 15 is 0 Å². The zero-order valence-corrected chi connectivity index (χ0v) is 6.13. The molecule has 0 bridgehead atoms. The lowest BCUT2D eigenvalue weighted by molar-refractivity contribution is -0.185. The minimum Gasteiger partial charge on any atom is -0.276 e. The number of hydroxylamine groups is 2. The summed E-state index contributed by atoms with van der Waals surface area (Å²) in [6.07, 6.45) is 0.759. The predicted octanol–water partition coefficient (Wildman–Crippen LogP) is 0.805. The van der Waals surface area contributed by atoms with Crippen LogP contribution in [0.5, 0.6) is 0 Å². The second-order valence-electron chi connectivity index (χ2n) is 1.99. The molecule has 0 radical (unpaired) electrons. The van der Waals surface area contributed by atoms with Crippen molar-refractivity contribution in [1.29, 1.82) is 0 Å². The van der Waals surface area contributed by atoms with E-state index in [1.807, 2.05) is 20.8 Å². The SMILES string of the molecule is CCN(C=O)OC(C)C. The number of hydrogen-bond donors (Lipinski definition) is 0. The maximum absolute atomic E-state index is 10.1. The summed E-state index contributed by atoms with van der Waals surface area (Å²) in [4.78, 5) is 15.1. The van der Waals surface area contributed by atoms with Gasteiger partial charge in [-0.2, -0.15) is 0 Å². The second-order valence-corrected chi connectivity index (χ2v) is 1.99. The van der Waals surface area contributed by atoms with Gasteiger partial charge < -0.3 is 0 Å². The molecule has 0 saturated carbocycles. The fourth-order valence-corrected chi connectivity index (χ4v) is 0.445. The standard InChI is InChI=1S/C6H13NO2/c1-4-7(5-8)9-6(2)3/h5-6H,4H2,1-3H3. The first kappa shape index (κ1) is 8.43. The van der Waals surface area contributed by atoms with Crippen molar-refractivity contribution in [2.75, 3.05) is 6.54 Å². The van der Waals surface area contributed by atoms with Crippen LogP contribution in [0.1, 0.15) is 20.8 Å². The summed E-state index contributed by atoms with van der Waals surface area (Å²) in [6.45, 7) is 6.22. The van der Waals surface area contributed by atoms with Crippen molar-refractivity contribution < 1.29 is 9.63 Å². The number of rotatable bonds is 4. The van der Waals surface area contributed by atoms with Crippen molar-refractivity contribution in [1.82, 2.24) is 5.06 Å². The van der Waals surface area contributed by atoms with Crippen LogP contribution in [-0.2, 0) is 9.63 Å². The number of amides is 1. The van der Waals surface area contributed by atoms with Gasteiger partial charge in [-0.25, -0.2) is 5.06 Å². The lowest BCUT2D eigenvalue weighted by Gasteiger charge is -2.16. The highest BCUT2D eigenvalue weighted by molar-refractivity contribution is 5.44. The molecule has 0 aromatic carbocycles. The Balaban J connectivity index is 3.42. The molecule has 3 nitrogen and oxygen atoms in total. The van der Waals surface area contributed by atoms with Crippen LogP contribution in [0.25, 0.3) is 0 Å². The van der Waals surface area contributed by atoms with E-state index in [4.69, 9.17) is 4.84 Å². The quantitative estimate of drug-likeness (QED) is 0.417. The third kappa shape index (κ3) is 3.97. The molecule has 0 N–H and O–H groups in total. The highest BCUT2D eigenvalue weighted by Crippen LogP contribution is 1.91. The largest absolute Gasteiger partial charge is 0.276 e. The zero-order valence-electron chi connectivity index (χ0n) is 6.13. The Morgan fingerprint density at radius 2 is 2.22 bits per heavy atom. The Morgan fingerprint density at radius 1 is 1.67 bits per heavy atom. The fraction of sp³-hybridized carbons (Fsp3) is 0.833. The lowest BCUT2D eigenvalue weighted by Crippen LogP contribution is -2.25. The lowest BCUT2D eigenvalue weighted by atomic mass is 10.5. The molecule has 1 amide bonds. The van der Waals surface area contributed by atoms with Crippen molar-refractivity contribution in [2.45, 2.75) is 26.9 Å². The summed E-state index contributed by atoms with van der Waals surface area (Å²) in [7, 11) is 0. The predicted molar refractivity (Wildman–Crippen MR) is 34.7 cm³/mol. The van der Waals surface area contributed by atoms with Gasteiger partial charge in [0.25, 0.3) is 0 Å². The van der Waals surface area contributed by atoms with Gasteiger partial charge in [0.1, 0.15) is 0 Å². The molecular weight excluding hydrogens is 118 g/mol. The number of hydrogen-bond acceptors (Lipinski definition) is 2. The van der Waals surface area contributed by atoms with Crippen molar-refractivity contribution in [3.63, 3.8) is 0 Å². The van der Waals surface area contributed by atoms with Crippen molar-refractivity contribution in [3.8, 4) is 0 Å². The van der Waals surface area contributed by atoms with Gasteiger partial charge in [0.15, 0.2) is 0 Å². The highest BCUT2D eigenvalue weighted by Gasteiger charge is 1.99. The Hall–Kier alpha value is -0.570. The molecule has 54 valence electrons. The van der Waals surface area contributed by atoms with Gasteiger partial charge in [0.05, 0.1) is 6.10 Å². The van der Waals surface area contributed by atoms with E-state index in [9.17, 15) is 4.79 Å². The monoisotopic (exact) mass is 131 g/mol. The average Bonchev–Trinajstić information content (AvgIpc) is 1.82. The normalized spacial score (nSPS) is 9.78. The van der Waals surface area contributed by atoms with Crippen LogP contribution >= 0.6 is 0 Å². The van der Waals surface area contributed by atoms with Gasteiger partial charge in [0, 0.05) is 6.54 Å². The first-order valence-electron chi connectivity index (χ1n) is 3.09. The number of carbonyl (C=O) groups excluding carboxylic acids is 1. The third-order valence-electron chi connectivity index (χ3n) is 0.775. The summed E-state index contributed by atoms with van der Waals surface area (Å²) in [5.74, 6) is 0.